The Balaban J connectivity index is 1.57. The minimum Gasteiger partial charge on any atom is -0.342 e. The van der Waals surface area contributed by atoms with E-state index in [1.807, 2.05) is 11.9 Å². The number of carbonyl (C=O) groups is 1. The van der Waals surface area contributed by atoms with Crippen LogP contribution in [0.15, 0.2) is 46.0 Å². The molecule has 0 atom stereocenters. The van der Waals surface area contributed by atoms with Crippen molar-refractivity contribution in [1.82, 2.24) is 10.2 Å². The van der Waals surface area contributed by atoms with Crippen LogP contribution in [0, 0.1) is 0 Å². The Kier molecular flexibility index (Phi) is 5.95. The second-order valence-corrected chi connectivity index (χ2v) is 9.21. The summed E-state index contributed by atoms with van der Waals surface area (Å²) in [4.78, 5) is 14.3. The van der Waals surface area contributed by atoms with Crippen LogP contribution in [0.25, 0.3) is 0 Å². The fourth-order valence-electron chi connectivity index (χ4n) is 3.02. The Labute approximate surface area is 158 Å². The number of likely N-dealkylation sites (tertiary alicyclic amines) is 1. The Morgan fingerprint density at radius 1 is 1.19 bits per heavy atom. The van der Waals surface area contributed by atoms with Crippen LogP contribution in [0.2, 0.25) is 0 Å². The average molecular weight is 394 g/mol. The van der Waals surface area contributed by atoms with E-state index < -0.39 is 10.0 Å². The van der Waals surface area contributed by atoms with Gasteiger partial charge in [0.2, 0.25) is 5.91 Å². The van der Waals surface area contributed by atoms with Gasteiger partial charge in [-0.25, -0.2) is 8.42 Å². The molecule has 0 bridgehead atoms. The number of nitrogens with zero attached hydrogens (tertiary/aromatic N) is 1. The van der Waals surface area contributed by atoms with Crippen molar-refractivity contribution in [3.63, 3.8) is 0 Å². The van der Waals surface area contributed by atoms with Gasteiger partial charge in [0, 0.05) is 24.8 Å². The molecule has 1 aromatic carbocycles. The van der Waals surface area contributed by atoms with Gasteiger partial charge in [0.15, 0.2) is 0 Å². The molecule has 1 fully saturated rings. The zero-order valence-electron chi connectivity index (χ0n) is 14.6. The number of hydrogen-bond donors (Lipinski definition) is 2. The quantitative estimate of drug-likeness (QED) is 0.789. The van der Waals surface area contributed by atoms with Crippen molar-refractivity contribution >= 4 is 33.0 Å². The minimum atomic E-state index is -3.54. The first-order valence-corrected chi connectivity index (χ1v) is 10.9. The lowest BCUT2D eigenvalue weighted by Gasteiger charge is -2.31. The number of piperidine rings is 1. The molecule has 1 saturated heterocycles. The standard InChI is InChI=1S/C18H23N3O3S2/c1-19-15-8-10-21(11-9-15)17(22)13-14-4-6-16(7-5-14)20-26(23,24)18-3-2-12-25-18/h2-7,12,15,19-20H,8-11,13H2,1H3. The van der Waals surface area contributed by atoms with Crippen molar-refractivity contribution in [2.75, 3.05) is 24.9 Å². The maximum absolute atomic E-state index is 12.4. The third-order valence-electron chi connectivity index (χ3n) is 4.58. The number of hydrogen-bond acceptors (Lipinski definition) is 5. The van der Waals surface area contributed by atoms with Crippen LogP contribution in [0.1, 0.15) is 18.4 Å². The highest BCUT2D eigenvalue weighted by atomic mass is 32.2. The van der Waals surface area contributed by atoms with Gasteiger partial charge in [0.25, 0.3) is 10.0 Å². The predicted octanol–water partition coefficient (Wildman–Crippen LogP) is 2.30. The highest BCUT2D eigenvalue weighted by Gasteiger charge is 2.21. The van der Waals surface area contributed by atoms with Crippen LogP contribution in [-0.2, 0) is 21.2 Å². The number of carbonyl (C=O) groups excluding carboxylic acids is 1. The maximum atomic E-state index is 12.4. The van der Waals surface area contributed by atoms with Crippen molar-refractivity contribution in [3.8, 4) is 0 Å². The number of rotatable bonds is 6. The number of thiophene rings is 1. The molecular formula is C18H23N3O3S2. The topological polar surface area (TPSA) is 78.5 Å². The first-order chi connectivity index (χ1) is 12.5. The molecule has 0 radical (unpaired) electrons. The van der Waals surface area contributed by atoms with Crippen molar-refractivity contribution < 1.29 is 13.2 Å². The van der Waals surface area contributed by atoms with Gasteiger partial charge in [-0.1, -0.05) is 18.2 Å². The predicted molar refractivity (Wildman–Crippen MR) is 104 cm³/mol. The zero-order valence-corrected chi connectivity index (χ0v) is 16.3. The number of benzene rings is 1. The summed E-state index contributed by atoms with van der Waals surface area (Å²) in [6.07, 6.45) is 2.29. The molecule has 1 aliphatic heterocycles. The summed E-state index contributed by atoms with van der Waals surface area (Å²) in [5.74, 6) is 0.117. The lowest BCUT2D eigenvalue weighted by molar-refractivity contribution is -0.131. The Hall–Kier alpha value is -1.90. The third kappa shape index (κ3) is 4.63. The summed E-state index contributed by atoms with van der Waals surface area (Å²) in [6, 6.07) is 10.7. The minimum absolute atomic E-state index is 0.117. The molecule has 0 spiro atoms. The fourth-order valence-corrected chi connectivity index (χ4v) is 5.07. The van der Waals surface area contributed by atoms with Gasteiger partial charge in [-0.05, 0) is 49.0 Å². The summed E-state index contributed by atoms with van der Waals surface area (Å²) in [6.45, 7) is 1.56. The van der Waals surface area contributed by atoms with Gasteiger partial charge in [0.1, 0.15) is 4.21 Å². The Morgan fingerprint density at radius 3 is 2.46 bits per heavy atom. The number of amides is 1. The molecule has 3 rings (SSSR count). The van der Waals surface area contributed by atoms with Crippen LogP contribution in [0.3, 0.4) is 0 Å². The molecule has 1 aliphatic rings. The highest BCUT2D eigenvalue weighted by Crippen LogP contribution is 2.21. The van der Waals surface area contributed by atoms with E-state index in [2.05, 4.69) is 10.0 Å². The van der Waals surface area contributed by atoms with Gasteiger partial charge in [-0.15, -0.1) is 11.3 Å². The molecule has 8 heteroatoms. The van der Waals surface area contributed by atoms with Crippen LogP contribution < -0.4 is 10.0 Å². The molecule has 1 amide bonds. The maximum Gasteiger partial charge on any atom is 0.271 e. The largest absolute Gasteiger partial charge is 0.342 e. The molecule has 2 aromatic rings. The number of sulfonamides is 1. The zero-order chi connectivity index (χ0) is 18.6. The molecule has 6 nitrogen and oxygen atoms in total. The van der Waals surface area contributed by atoms with Crippen LogP contribution in [-0.4, -0.2) is 45.4 Å². The number of anilines is 1. The van der Waals surface area contributed by atoms with Gasteiger partial charge < -0.3 is 10.2 Å². The van der Waals surface area contributed by atoms with E-state index in [1.165, 1.54) is 11.3 Å². The molecular weight excluding hydrogens is 370 g/mol. The smallest absolute Gasteiger partial charge is 0.271 e. The number of nitrogens with one attached hydrogen (secondary N) is 2. The van der Waals surface area contributed by atoms with E-state index in [-0.39, 0.29) is 10.1 Å². The first kappa shape index (κ1) is 18.9. The molecule has 0 saturated carbocycles. The Bertz CT molecular complexity index is 825. The highest BCUT2D eigenvalue weighted by molar-refractivity contribution is 7.94. The average Bonchev–Trinajstić information content (AvgIpc) is 3.19. The second kappa shape index (κ2) is 8.20. The molecule has 26 heavy (non-hydrogen) atoms. The van der Waals surface area contributed by atoms with E-state index in [0.717, 1.165) is 31.5 Å². The van der Waals surface area contributed by atoms with Crippen LogP contribution >= 0.6 is 11.3 Å². The molecule has 0 unspecified atom stereocenters. The van der Waals surface area contributed by atoms with Gasteiger partial charge >= 0.3 is 0 Å². The van der Waals surface area contributed by atoms with Crippen molar-refractivity contribution in [2.24, 2.45) is 0 Å². The fraction of sp³-hybridized carbons (Fsp3) is 0.389. The molecule has 1 aromatic heterocycles. The van der Waals surface area contributed by atoms with Crippen LogP contribution in [0.4, 0.5) is 5.69 Å². The lowest BCUT2D eigenvalue weighted by Crippen LogP contribution is -2.44. The normalized spacial score (nSPS) is 15.8. The monoisotopic (exact) mass is 393 g/mol. The van der Waals surface area contributed by atoms with E-state index in [9.17, 15) is 13.2 Å². The van der Waals surface area contributed by atoms with Gasteiger partial charge in [0.05, 0.1) is 6.42 Å². The van der Waals surface area contributed by atoms with E-state index in [0.29, 0.717) is 18.2 Å². The van der Waals surface area contributed by atoms with Crippen molar-refractivity contribution in [2.45, 2.75) is 29.5 Å². The molecule has 140 valence electrons. The van der Waals surface area contributed by atoms with Crippen molar-refractivity contribution in [1.29, 1.82) is 0 Å². The van der Waals surface area contributed by atoms with Crippen LogP contribution in [0.5, 0.6) is 0 Å². The lowest BCUT2D eigenvalue weighted by atomic mass is 10.0. The summed E-state index contributed by atoms with van der Waals surface area (Å²) >= 11 is 1.17. The SMILES string of the molecule is CNC1CCN(C(=O)Cc2ccc(NS(=O)(=O)c3cccs3)cc2)CC1. The summed E-state index contributed by atoms with van der Waals surface area (Å²) in [5, 5.41) is 4.98. The summed E-state index contributed by atoms with van der Waals surface area (Å²) < 4.78 is 27.3. The molecule has 2 heterocycles. The second-order valence-electron chi connectivity index (χ2n) is 6.36. The molecule has 2 N–H and O–H groups in total. The van der Waals surface area contributed by atoms with Crippen molar-refractivity contribution in [3.05, 3.63) is 47.3 Å². The van der Waals surface area contributed by atoms with E-state index in [4.69, 9.17) is 0 Å². The summed E-state index contributed by atoms with van der Waals surface area (Å²) in [7, 11) is -1.59. The van der Waals surface area contributed by atoms with Gasteiger partial charge in [-0.3, -0.25) is 9.52 Å². The summed E-state index contributed by atoms with van der Waals surface area (Å²) in [5.41, 5.74) is 1.37. The first-order valence-electron chi connectivity index (χ1n) is 8.58. The van der Waals surface area contributed by atoms with E-state index >= 15 is 0 Å². The molecule has 0 aliphatic carbocycles. The third-order valence-corrected chi connectivity index (χ3v) is 7.36. The Morgan fingerprint density at radius 2 is 1.88 bits per heavy atom. The van der Waals surface area contributed by atoms with E-state index in [1.54, 1.807) is 41.8 Å². The van der Waals surface area contributed by atoms with Gasteiger partial charge in [-0.2, -0.15) is 0 Å².